The number of nitro groups is 1. The molecule has 2 N–H and O–H groups in total. The zero-order valence-corrected chi connectivity index (χ0v) is 13.2. The standard InChI is InChI=1S/C16H16N4O5/c21-14-10-19(8-7-17-14)12-3-1-11(2-4-12)9-18-16(22)13-5-6-15(25-13)20(23)24/h1-6H,7-10H2,(H,17,21)(H,18,22). The molecule has 9 heteroatoms. The number of nitrogens with zero attached hydrogens (tertiary/aromatic N) is 2. The molecule has 2 heterocycles. The summed E-state index contributed by atoms with van der Waals surface area (Å²) >= 11 is 0. The molecule has 2 aromatic rings. The number of carbonyl (C=O) groups excluding carboxylic acids is 2. The molecule has 3 rings (SSSR count). The number of hydrogen-bond donors (Lipinski definition) is 2. The highest BCUT2D eigenvalue weighted by Crippen LogP contribution is 2.17. The summed E-state index contributed by atoms with van der Waals surface area (Å²) in [6, 6.07) is 9.88. The Morgan fingerprint density at radius 3 is 2.68 bits per heavy atom. The third-order valence-electron chi connectivity index (χ3n) is 3.79. The van der Waals surface area contributed by atoms with Gasteiger partial charge in [-0.2, -0.15) is 0 Å². The molecule has 0 aliphatic carbocycles. The van der Waals surface area contributed by atoms with Crippen molar-refractivity contribution in [2.24, 2.45) is 0 Å². The second-order valence-electron chi connectivity index (χ2n) is 5.52. The molecule has 0 saturated carbocycles. The van der Waals surface area contributed by atoms with Crippen LogP contribution in [0, 0.1) is 10.1 Å². The van der Waals surface area contributed by atoms with E-state index in [1.807, 2.05) is 29.2 Å². The van der Waals surface area contributed by atoms with E-state index in [1.165, 1.54) is 6.07 Å². The molecule has 130 valence electrons. The molecular formula is C16H16N4O5. The van der Waals surface area contributed by atoms with Gasteiger partial charge in [-0.25, -0.2) is 0 Å². The number of benzene rings is 1. The fraction of sp³-hybridized carbons (Fsp3) is 0.250. The Hall–Kier alpha value is -3.36. The molecule has 25 heavy (non-hydrogen) atoms. The van der Waals surface area contributed by atoms with Gasteiger partial charge in [-0.05, 0) is 23.8 Å². The van der Waals surface area contributed by atoms with Crippen LogP contribution in [0.3, 0.4) is 0 Å². The Labute approximate surface area is 142 Å². The lowest BCUT2D eigenvalue weighted by Gasteiger charge is -2.28. The highest BCUT2D eigenvalue weighted by molar-refractivity contribution is 5.91. The zero-order valence-electron chi connectivity index (χ0n) is 13.2. The van der Waals surface area contributed by atoms with Gasteiger partial charge in [0, 0.05) is 25.3 Å². The van der Waals surface area contributed by atoms with Crippen molar-refractivity contribution in [3.63, 3.8) is 0 Å². The van der Waals surface area contributed by atoms with Gasteiger partial charge in [0.15, 0.2) is 5.76 Å². The number of furan rings is 1. The molecule has 1 saturated heterocycles. The van der Waals surface area contributed by atoms with E-state index in [1.54, 1.807) is 0 Å². The first-order valence-corrected chi connectivity index (χ1v) is 7.66. The number of hydrogen-bond acceptors (Lipinski definition) is 6. The van der Waals surface area contributed by atoms with Gasteiger partial charge in [0.25, 0.3) is 5.91 Å². The van der Waals surface area contributed by atoms with Crippen molar-refractivity contribution >= 4 is 23.4 Å². The summed E-state index contributed by atoms with van der Waals surface area (Å²) < 4.78 is 4.85. The first kappa shape index (κ1) is 16.5. The molecule has 0 bridgehead atoms. The maximum atomic E-state index is 11.9. The van der Waals surface area contributed by atoms with Crippen LogP contribution in [0.2, 0.25) is 0 Å². The predicted molar refractivity (Wildman–Crippen MR) is 88.2 cm³/mol. The Morgan fingerprint density at radius 2 is 2.04 bits per heavy atom. The van der Waals surface area contributed by atoms with Crippen LogP contribution < -0.4 is 15.5 Å². The van der Waals surface area contributed by atoms with Crippen molar-refractivity contribution in [2.45, 2.75) is 6.54 Å². The minimum atomic E-state index is -0.698. The summed E-state index contributed by atoms with van der Waals surface area (Å²) in [5.74, 6) is -1.11. The molecule has 1 aromatic heterocycles. The van der Waals surface area contributed by atoms with Crippen molar-refractivity contribution in [2.75, 3.05) is 24.5 Å². The average molecular weight is 344 g/mol. The third-order valence-corrected chi connectivity index (χ3v) is 3.79. The topological polar surface area (TPSA) is 118 Å². The summed E-state index contributed by atoms with van der Waals surface area (Å²) in [7, 11) is 0. The smallest absolute Gasteiger partial charge is 0.395 e. The second kappa shape index (κ2) is 7.04. The fourth-order valence-electron chi connectivity index (χ4n) is 2.50. The highest BCUT2D eigenvalue weighted by atomic mass is 16.6. The quantitative estimate of drug-likeness (QED) is 0.618. The third kappa shape index (κ3) is 3.94. The van der Waals surface area contributed by atoms with E-state index >= 15 is 0 Å². The summed E-state index contributed by atoms with van der Waals surface area (Å²) in [5, 5.41) is 16.0. The minimum Gasteiger partial charge on any atom is -0.395 e. The number of anilines is 1. The largest absolute Gasteiger partial charge is 0.433 e. The van der Waals surface area contributed by atoms with Gasteiger partial charge in [-0.15, -0.1) is 0 Å². The molecule has 0 atom stereocenters. The van der Waals surface area contributed by atoms with Gasteiger partial charge in [0.1, 0.15) is 4.92 Å². The number of carbonyl (C=O) groups is 2. The van der Waals surface area contributed by atoms with E-state index in [0.29, 0.717) is 13.1 Å². The fourth-order valence-corrected chi connectivity index (χ4v) is 2.50. The van der Waals surface area contributed by atoms with Crippen molar-refractivity contribution in [3.8, 4) is 0 Å². The normalized spacial score (nSPS) is 14.1. The molecule has 0 spiro atoms. The van der Waals surface area contributed by atoms with Crippen molar-refractivity contribution < 1.29 is 18.9 Å². The van der Waals surface area contributed by atoms with E-state index in [0.717, 1.165) is 23.9 Å². The SMILES string of the molecule is O=C1CN(c2ccc(CNC(=O)c3ccc([N+](=O)[O-])o3)cc2)CCN1. The number of rotatable bonds is 5. The molecule has 9 nitrogen and oxygen atoms in total. The molecule has 1 aliphatic heterocycles. The molecule has 1 aromatic carbocycles. The lowest BCUT2D eigenvalue weighted by atomic mass is 10.2. The molecule has 1 fully saturated rings. The Bertz CT molecular complexity index is 799. The van der Waals surface area contributed by atoms with E-state index < -0.39 is 16.7 Å². The first-order valence-electron chi connectivity index (χ1n) is 7.66. The summed E-state index contributed by atoms with van der Waals surface area (Å²) in [4.78, 5) is 35.2. The van der Waals surface area contributed by atoms with Crippen LogP contribution >= 0.6 is 0 Å². The van der Waals surface area contributed by atoms with E-state index in [9.17, 15) is 19.7 Å². The van der Waals surface area contributed by atoms with Gasteiger partial charge in [-0.3, -0.25) is 19.7 Å². The highest BCUT2D eigenvalue weighted by Gasteiger charge is 2.18. The van der Waals surface area contributed by atoms with Crippen LogP contribution in [0.15, 0.2) is 40.8 Å². The van der Waals surface area contributed by atoms with Crippen LogP contribution in [0.4, 0.5) is 11.6 Å². The molecule has 0 radical (unpaired) electrons. The molecular weight excluding hydrogens is 328 g/mol. The maximum absolute atomic E-state index is 11.9. The molecule has 2 amide bonds. The zero-order chi connectivity index (χ0) is 17.8. The Balaban J connectivity index is 1.57. The Kier molecular flexibility index (Phi) is 4.64. The maximum Gasteiger partial charge on any atom is 0.433 e. The number of amides is 2. The van der Waals surface area contributed by atoms with E-state index in [4.69, 9.17) is 4.42 Å². The Morgan fingerprint density at radius 1 is 1.28 bits per heavy atom. The average Bonchev–Trinajstić information content (AvgIpc) is 3.11. The number of nitrogens with one attached hydrogen (secondary N) is 2. The van der Waals surface area contributed by atoms with Gasteiger partial charge in [0.2, 0.25) is 5.91 Å². The summed E-state index contributed by atoms with van der Waals surface area (Å²) in [5.41, 5.74) is 1.80. The van der Waals surface area contributed by atoms with Crippen molar-refractivity contribution in [1.82, 2.24) is 10.6 Å². The van der Waals surface area contributed by atoms with Gasteiger partial charge in [-0.1, -0.05) is 12.1 Å². The minimum absolute atomic E-state index is 0.00451. The van der Waals surface area contributed by atoms with Crippen LogP contribution in [0.1, 0.15) is 16.1 Å². The number of piperazine rings is 1. The molecule has 0 unspecified atom stereocenters. The van der Waals surface area contributed by atoms with Crippen LogP contribution in [0.25, 0.3) is 0 Å². The van der Waals surface area contributed by atoms with Crippen molar-refractivity contribution in [3.05, 3.63) is 57.8 Å². The van der Waals surface area contributed by atoms with Gasteiger partial charge < -0.3 is 20.0 Å². The van der Waals surface area contributed by atoms with E-state index in [2.05, 4.69) is 10.6 Å². The predicted octanol–water partition coefficient (Wildman–Crippen LogP) is 1.05. The van der Waals surface area contributed by atoms with E-state index in [-0.39, 0.29) is 18.2 Å². The van der Waals surface area contributed by atoms with Crippen LogP contribution in [-0.2, 0) is 11.3 Å². The van der Waals surface area contributed by atoms with Crippen molar-refractivity contribution in [1.29, 1.82) is 0 Å². The van der Waals surface area contributed by atoms with Gasteiger partial charge >= 0.3 is 5.88 Å². The summed E-state index contributed by atoms with van der Waals surface area (Å²) in [6.45, 7) is 1.95. The lowest BCUT2D eigenvalue weighted by molar-refractivity contribution is -0.402. The molecule has 1 aliphatic rings. The van der Waals surface area contributed by atoms with Crippen LogP contribution in [0.5, 0.6) is 0 Å². The second-order valence-corrected chi connectivity index (χ2v) is 5.52. The lowest BCUT2D eigenvalue weighted by Crippen LogP contribution is -2.47. The first-order chi connectivity index (χ1) is 12.0. The van der Waals surface area contributed by atoms with Gasteiger partial charge in [0.05, 0.1) is 12.6 Å². The monoisotopic (exact) mass is 344 g/mol. The summed E-state index contributed by atoms with van der Waals surface area (Å²) in [6.07, 6.45) is 0. The van der Waals surface area contributed by atoms with Crippen LogP contribution in [-0.4, -0.2) is 36.4 Å².